The summed E-state index contributed by atoms with van der Waals surface area (Å²) in [7, 11) is 0. The molecule has 0 amide bonds. The summed E-state index contributed by atoms with van der Waals surface area (Å²) in [4.78, 5) is 10.9. The zero-order valence-electron chi connectivity index (χ0n) is 8.60. The number of carboxylic acids is 1. The molecule has 0 bridgehead atoms. The third kappa shape index (κ3) is 1.63. The molecule has 2 atom stereocenters. The van der Waals surface area contributed by atoms with Crippen LogP contribution in [0.2, 0.25) is 0 Å². The first-order chi connectivity index (χ1) is 7.11. The van der Waals surface area contributed by atoms with Gasteiger partial charge in [-0.3, -0.25) is 4.79 Å². The van der Waals surface area contributed by atoms with Crippen molar-refractivity contribution in [3.8, 4) is 0 Å². The summed E-state index contributed by atoms with van der Waals surface area (Å²) in [5, 5.41) is 18.6. The van der Waals surface area contributed by atoms with Crippen LogP contribution in [0.15, 0.2) is 18.2 Å². The average molecular weight is 206 g/mol. The Bertz CT molecular complexity index is 398. The van der Waals surface area contributed by atoms with E-state index in [1.54, 1.807) is 6.92 Å². The van der Waals surface area contributed by atoms with Crippen LogP contribution in [0.3, 0.4) is 0 Å². The molecule has 1 aliphatic carbocycles. The maximum absolute atomic E-state index is 10.9. The minimum Gasteiger partial charge on any atom is -0.481 e. The molecule has 15 heavy (non-hydrogen) atoms. The number of hydrogen-bond acceptors (Lipinski definition) is 2. The Morgan fingerprint density at radius 2 is 2.27 bits per heavy atom. The number of aliphatic hydroxyl groups is 1. The molecule has 3 nitrogen and oxygen atoms in total. The van der Waals surface area contributed by atoms with Crippen molar-refractivity contribution in [1.82, 2.24) is 0 Å². The van der Waals surface area contributed by atoms with Gasteiger partial charge in [-0.05, 0) is 36.5 Å². The summed E-state index contributed by atoms with van der Waals surface area (Å²) in [6.45, 7) is 1.68. The topological polar surface area (TPSA) is 57.5 Å². The van der Waals surface area contributed by atoms with Crippen molar-refractivity contribution in [2.24, 2.45) is 0 Å². The lowest BCUT2D eigenvalue weighted by atomic mass is 9.93. The Hall–Kier alpha value is -1.35. The van der Waals surface area contributed by atoms with Gasteiger partial charge in [0, 0.05) is 0 Å². The summed E-state index contributed by atoms with van der Waals surface area (Å²) in [6, 6.07) is 5.54. The Labute approximate surface area is 88.4 Å². The van der Waals surface area contributed by atoms with E-state index in [0.29, 0.717) is 6.42 Å². The quantitative estimate of drug-likeness (QED) is 0.776. The highest BCUT2D eigenvalue weighted by atomic mass is 16.4. The maximum atomic E-state index is 10.9. The van der Waals surface area contributed by atoms with Crippen LogP contribution in [0.25, 0.3) is 0 Å². The number of aliphatic carboxylic acids is 1. The van der Waals surface area contributed by atoms with E-state index in [9.17, 15) is 9.90 Å². The van der Waals surface area contributed by atoms with Crippen molar-refractivity contribution < 1.29 is 15.0 Å². The highest BCUT2D eigenvalue weighted by molar-refractivity contribution is 5.76. The van der Waals surface area contributed by atoms with E-state index in [-0.39, 0.29) is 0 Å². The molecule has 0 saturated carbocycles. The van der Waals surface area contributed by atoms with Gasteiger partial charge in [0.2, 0.25) is 0 Å². The van der Waals surface area contributed by atoms with E-state index in [4.69, 9.17) is 5.11 Å². The number of hydrogen-bond donors (Lipinski definition) is 2. The molecule has 0 spiro atoms. The van der Waals surface area contributed by atoms with Gasteiger partial charge in [0.25, 0.3) is 0 Å². The average Bonchev–Trinajstić information content (AvgIpc) is 2.59. The highest BCUT2D eigenvalue weighted by Crippen LogP contribution is 2.35. The van der Waals surface area contributed by atoms with Gasteiger partial charge in [-0.1, -0.05) is 18.2 Å². The highest BCUT2D eigenvalue weighted by Gasteiger charge is 2.26. The third-order valence-corrected chi connectivity index (χ3v) is 3.11. The monoisotopic (exact) mass is 206 g/mol. The van der Waals surface area contributed by atoms with Crippen LogP contribution in [-0.2, 0) is 11.2 Å². The van der Waals surface area contributed by atoms with Crippen molar-refractivity contribution in [2.45, 2.75) is 31.8 Å². The molecule has 1 aliphatic rings. The van der Waals surface area contributed by atoms with Gasteiger partial charge < -0.3 is 10.2 Å². The first-order valence-corrected chi connectivity index (χ1v) is 5.14. The molecule has 2 unspecified atom stereocenters. The molecule has 2 rings (SSSR count). The number of benzene rings is 1. The van der Waals surface area contributed by atoms with E-state index in [0.717, 1.165) is 23.1 Å². The Balaban J connectivity index is 2.46. The number of aliphatic hydroxyl groups excluding tert-OH is 1. The van der Waals surface area contributed by atoms with Gasteiger partial charge in [-0.15, -0.1) is 0 Å². The van der Waals surface area contributed by atoms with Gasteiger partial charge >= 0.3 is 5.97 Å². The maximum Gasteiger partial charge on any atom is 0.310 e. The Morgan fingerprint density at radius 3 is 2.93 bits per heavy atom. The van der Waals surface area contributed by atoms with Crippen molar-refractivity contribution in [2.75, 3.05) is 0 Å². The summed E-state index contributed by atoms with van der Waals surface area (Å²) in [6.07, 6.45) is 1.07. The van der Waals surface area contributed by atoms with E-state index < -0.39 is 18.0 Å². The van der Waals surface area contributed by atoms with Gasteiger partial charge in [-0.25, -0.2) is 0 Å². The number of carboxylic acid groups (broad SMARTS) is 1. The fourth-order valence-electron chi connectivity index (χ4n) is 2.20. The second-order valence-electron chi connectivity index (χ2n) is 4.03. The first-order valence-electron chi connectivity index (χ1n) is 5.14. The molecule has 3 heteroatoms. The van der Waals surface area contributed by atoms with E-state index in [2.05, 4.69) is 0 Å². The largest absolute Gasteiger partial charge is 0.481 e. The Morgan fingerprint density at radius 1 is 1.53 bits per heavy atom. The lowest BCUT2D eigenvalue weighted by Crippen LogP contribution is -2.09. The summed E-state index contributed by atoms with van der Waals surface area (Å²) >= 11 is 0. The SMILES string of the molecule is CC(C(=O)O)c1cccc2c1CCC2O. The second kappa shape index (κ2) is 3.66. The lowest BCUT2D eigenvalue weighted by Gasteiger charge is -2.12. The predicted octanol–water partition coefficient (Wildman–Crippen LogP) is 1.85. The number of fused-ring (bicyclic) bond motifs is 1. The smallest absolute Gasteiger partial charge is 0.310 e. The molecular weight excluding hydrogens is 192 g/mol. The predicted molar refractivity (Wildman–Crippen MR) is 55.8 cm³/mol. The fourth-order valence-corrected chi connectivity index (χ4v) is 2.20. The molecule has 2 N–H and O–H groups in total. The second-order valence-corrected chi connectivity index (χ2v) is 4.03. The zero-order chi connectivity index (χ0) is 11.0. The minimum absolute atomic E-state index is 0.416. The van der Waals surface area contributed by atoms with Gasteiger partial charge in [0.05, 0.1) is 12.0 Å². The van der Waals surface area contributed by atoms with Crippen LogP contribution in [0.1, 0.15) is 42.1 Å². The number of rotatable bonds is 2. The van der Waals surface area contributed by atoms with Gasteiger partial charge in [-0.2, -0.15) is 0 Å². The van der Waals surface area contributed by atoms with Crippen molar-refractivity contribution in [1.29, 1.82) is 0 Å². The van der Waals surface area contributed by atoms with Crippen molar-refractivity contribution >= 4 is 5.97 Å². The first kappa shape index (κ1) is 10.2. The normalized spacial score (nSPS) is 21.1. The van der Waals surface area contributed by atoms with Crippen LogP contribution >= 0.6 is 0 Å². The van der Waals surface area contributed by atoms with Crippen LogP contribution in [0.5, 0.6) is 0 Å². The fraction of sp³-hybridized carbons (Fsp3) is 0.417. The molecule has 0 fully saturated rings. The van der Waals surface area contributed by atoms with Crippen molar-refractivity contribution in [3.63, 3.8) is 0 Å². The van der Waals surface area contributed by atoms with E-state index in [1.807, 2.05) is 18.2 Å². The summed E-state index contributed by atoms with van der Waals surface area (Å²) in [5.74, 6) is -1.31. The van der Waals surface area contributed by atoms with Crippen LogP contribution < -0.4 is 0 Å². The van der Waals surface area contributed by atoms with Crippen LogP contribution in [-0.4, -0.2) is 16.2 Å². The molecule has 0 heterocycles. The zero-order valence-corrected chi connectivity index (χ0v) is 8.60. The standard InChI is InChI=1S/C12H14O3/c1-7(12(14)15)8-3-2-4-10-9(8)5-6-11(10)13/h2-4,7,11,13H,5-6H2,1H3,(H,14,15). The molecule has 1 aromatic carbocycles. The van der Waals surface area contributed by atoms with Crippen LogP contribution in [0, 0.1) is 0 Å². The molecule has 1 aromatic rings. The molecule has 0 radical (unpaired) electrons. The molecule has 0 aliphatic heterocycles. The van der Waals surface area contributed by atoms with Crippen LogP contribution in [0.4, 0.5) is 0 Å². The minimum atomic E-state index is -0.815. The molecular formula is C12H14O3. The van der Waals surface area contributed by atoms with Gasteiger partial charge in [0.1, 0.15) is 0 Å². The lowest BCUT2D eigenvalue weighted by molar-refractivity contribution is -0.138. The molecule has 80 valence electrons. The summed E-state index contributed by atoms with van der Waals surface area (Å²) in [5.41, 5.74) is 2.78. The third-order valence-electron chi connectivity index (χ3n) is 3.11. The van der Waals surface area contributed by atoms with Crippen molar-refractivity contribution in [3.05, 3.63) is 34.9 Å². The van der Waals surface area contributed by atoms with Gasteiger partial charge in [0.15, 0.2) is 0 Å². The van der Waals surface area contributed by atoms with E-state index in [1.165, 1.54) is 0 Å². The summed E-state index contributed by atoms with van der Waals surface area (Å²) < 4.78 is 0. The molecule has 0 aromatic heterocycles. The van der Waals surface area contributed by atoms with E-state index >= 15 is 0 Å². The Kier molecular flexibility index (Phi) is 2.49. The number of carbonyl (C=O) groups is 1. The molecule has 0 saturated heterocycles.